The predicted molar refractivity (Wildman–Crippen MR) is 101 cm³/mol. The molecule has 0 saturated carbocycles. The van der Waals surface area contributed by atoms with Crippen molar-refractivity contribution in [2.45, 2.75) is 58.4 Å². The quantitative estimate of drug-likeness (QED) is 0.507. The molecule has 146 valence electrons. The second-order valence-electron chi connectivity index (χ2n) is 6.25. The number of rotatable bonds is 11. The van der Waals surface area contributed by atoms with Crippen LogP contribution in [0, 0.1) is 0 Å². The largest absolute Gasteiger partial charge is 0.494 e. The van der Waals surface area contributed by atoms with E-state index in [0.29, 0.717) is 22.9 Å². The van der Waals surface area contributed by atoms with E-state index in [2.05, 4.69) is 12.2 Å². The number of aliphatic hydroxyl groups excluding tert-OH is 1. The number of carboxylic acid groups (broad SMARTS) is 1. The topological polar surface area (TPSA) is 99.1 Å². The summed E-state index contributed by atoms with van der Waals surface area (Å²) in [6, 6.07) is 5.13. The summed E-state index contributed by atoms with van der Waals surface area (Å²) in [7, 11) is 0. The molecule has 1 aromatic rings. The molecule has 0 aliphatic rings. The molecule has 0 heterocycles. The van der Waals surface area contributed by atoms with Crippen LogP contribution in [0.4, 0.5) is 15.3 Å². The van der Waals surface area contributed by atoms with Crippen molar-refractivity contribution in [1.82, 2.24) is 4.90 Å². The van der Waals surface area contributed by atoms with Crippen LogP contribution in [-0.4, -0.2) is 46.5 Å². The lowest BCUT2D eigenvalue weighted by Gasteiger charge is -2.23. The number of nitrogens with zero attached hydrogens (tertiary/aromatic N) is 1. The molecule has 0 spiro atoms. The molecule has 3 amide bonds. The highest BCUT2D eigenvalue weighted by Crippen LogP contribution is 2.17. The van der Waals surface area contributed by atoms with Crippen LogP contribution in [-0.2, 0) is 0 Å². The van der Waals surface area contributed by atoms with Gasteiger partial charge >= 0.3 is 12.1 Å². The SMILES string of the molecule is CCCCCCCCOc1ccc(NC(=O)N(C(=O)O)C(C)CO)cc1. The zero-order valence-corrected chi connectivity index (χ0v) is 15.6. The third kappa shape index (κ3) is 7.74. The van der Waals surface area contributed by atoms with E-state index in [1.54, 1.807) is 24.3 Å². The fourth-order valence-electron chi connectivity index (χ4n) is 2.45. The number of nitrogens with one attached hydrogen (secondary N) is 1. The van der Waals surface area contributed by atoms with Gasteiger partial charge in [0.1, 0.15) is 5.75 Å². The molecule has 0 fully saturated rings. The molecule has 0 aliphatic heterocycles. The number of imide groups is 1. The highest BCUT2D eigenvalue weighted by Gasteiger charge is 2.26. The van der Waals surface area contributed by atoms with Crippen molar-refractivity contribution in [1.29, 1.82) is 0 Å². The lowest BCUT2D eigenvalue weighted by Crippen LogP contribution is -2.46. The minimum atomic E-state index is -1.41. The van der Waals surface area contributed by atoms with Crippen molar-refractivity contribution in [3.8, 4) is 5.75 Å². The maximum absolute atomic E-state index is 12.0. The first-order valence-electron chi connectivity index (χ1n) is 9.16. The van der Waals surface area contributed by atoms with Gasteiger partial charge in [0.05, 0.1) is 19.3 Å². The van der Waals surface area contributed by atoms with E-state index in [0.717, 1.165) is 12.8 Å². The Hall–Kier alpha value is -2.28. The number of unbranched alkanes of at least 4 members (excludes halogenated alkanes) is 5. The Balaban J connectivity index is 2.42. The van der Waals surface area contributed by atoms with Crippen molar-refractivity contribution in [2.75, 3.05) is 18.5 Å². The van der Waals surface area contributed by atoms with Gasteiger partial charge in [0.2, 0.25) is 0 Å². The van der Waals surface area contributed by atoms with Crippen LogP contribution < -0.4 is 10.1 Å². The smallest absolute Gasteiger partial charge is 0.415 e. The molecule has 0 saturated heterocycles. The van der Waals surface area contributed by atoms with Crippen LogP contribution in [0.1, 0.15) is 52.4 Å². The summed E-state index contributed by atoms with van der Waals surface area (Å²) in [5.41, 5.74) is 0.457. The van der Waals surface area contributed by atoms with Gasteiger partial charge in [-0.2, -0.15) is 0 Å². The number of aliphatic hydroxyl groups is 1. The van der Waals surface area contributed by atoms with Crippen molar-refractivity contribution < 1.29 is 24.5 Å². The molecule has 3 N–H and O–H groups in total. The molecular weight excluding hydrogens is 336 g/mol. The second-order valence-corrected chi connectivity index (χ2v) is 6.25. The Labute approximate surface area is 155 Å². The first kappa shape index (κ1) is 21.8. The maximum atomic E-state index is 12.0. The summed E-state index contributed by atoms with van der Waals surface area (Å²) in [6.45, 7) is 3.86. The normalized spacial score (nSPS) is 11.7. The number of urea groups is 1. The Kier molecular flexibility index (Phi) is 10.2. The van der Waals surface area contributed by atoms with E-state index in [1.807, 2.05) is 0 Å². The van der Waals surface area contributed by atoms with Crippen LogP contribution in [0.5, 0.6) is 5.75 Å². The average molecular weight is 366 g/mol. The number of carbonyl (C=O) groups excluding carboxylic acids is 1. The summed E-state index contributed by atoms with van der Waals surface area (Å²) >= 11 is 0. The number of anilines is 1. The van der Waals surface area contributed by atoms with Gasteiger partial charge in [-0.25, -0.2) is 14.5 Å². The second kappa shape index (κ2) is 12.1. The molecule has 26 heavy (non-hydrogen) atoms. The average Bonchev–Trinajstić information content (AvgIpc) is 2.62. The molecule has 1 atom stereocenters. The third-order valence-electron chi connectivity index (χ3n) is 4.00. The van der Waals surface area contributed by atoms with Gasteiger partial charge in [0.15, 0.2) is 0 Å². The number of benzene rings is 1. The van der Waals surface area contributed by atoms with Gasteiger partial charge in [0.25, 0.3) is 0 Å². The molecule has 0 aliphatic carbocycles. The van der Waals surface area contributed by atoms with Crippen molar-refractivity contribution in [2.24, 2.45) is 0 Å². The van der Waals surface area contributed by atoms with Crippen molar-refractivity contribution in [3.63, 3.8) is 0 Å². The number of hydrogen-bond acceptors (Lipinski definition) is 4. The van der Waals surface area contributed by atoms with E-state index in [4.69, 9.17) is 14.9 Å². The van der Waals surface area contributed by atoms with Gasteiger partial charge in [-0.05, 0) is 37.6 Å². The molecule has 1 rings (SSSR count). The van der Waals surface area contributed by atoms with Crippen LogP contribution in [0.3, 0.4) is 0 Å². The molecule has 7 heteroatoms. The minimum absolute atomic E-state index is 0.440. The fraction of sp³-hybridized carbons (Fsp3) is 0.579. The predicted octanol–water partition coefficient (Wildman–Crippen LogP) is 4.32. The Morgan fingerprint density at radius 1 is 1.12 bits per heavy atom. The maximum Gasteiger partial charge on any atom is 0.415 e. The van der Waals surface area contributed by atoms with Gasteiger partial charge in [-0.1, -0.05) is 39.0 Å². The van der Waals surface area contributed by atoms with Gasteiger partial charge in [0, 0.05) is 5.69 Å². The van der Waals surface area contributed by atoms with E-state index >= 15 is 0 Å². The summed E-state index contributed by atoms with van der Waals surface area (Å²) in [4.78, 5) is 23.8. The lowest BCUT2D eigenvalue weighted by atomic mass is 10.1. The Morgan fingerprint density at radius 2 is 1.73 bits per heavy atom. The van der Waals surface area contributed by atoms with Crippen molar-refractivity contribution in [3.05, 3.63) is 24.3 Å². The minimum Gasteiger partial charge on any atom is -0.494 e. The van der Waals surface area contributed by atoms with E-state index in [-0.39, 0.29) is 0 Å². The molecule has 0 aromatic heterocycles. The van der Waals surface area contributed by atoms with Crippen LogP contribution in [0.25, 0.3) is 0 Å². The standard InChI is InChI=1S/C19H30N2O5/c1-3-4-5-6-7-8-13-26-17-11-9-16(10-12-17)20-18(23)21(19(24)25)15(2)14-22/h9-12,15,22H,3-8,13-14H2,1-2H3,(H,20,23)(H,24,25). The van der Waals surface area contributed by atoms with Crippen LogP contribution >= 0.6 is 0 Å². The van der Waals surface area contributed by atoms with Crippen LogP contribution in [0.15, 0.2) is 24.3 Å². The summed E-state index contributed by atoms with van der Waals surface area (Å²) in [5.74, 6) is 0.704. The number of hydrogen-bond donors (Lipinski definition) is 3. The first-order valence-corrected chi connectivity index (χ1v) is 9.16. The fourth-order valence-corrected chi connectivity index (χ4v) is 2.45. The van der Waals surface area contributed by atoms with E-state index in [1.165, 1.54) is 32.6 Å². The highest BCUT2D eigenvalue weighted by atomic mass is 16.5. The molecular formula is C19H30N2O5. The van der Waals surface area contributed by atoms with Gasteiger partial charge < -0.3 is 20.3 Å². The molecule has 0 bridgehead atoms. The zero-order valence-electron chi connectivity index (χ0n) is 15.6. The van der Waals surface area contributed by atoms with Crippen LogP contribution in [0.2, 0.25) is 0 Å². The number of amides is 3. The molecule has 7 nitrogen and oxygen atoms in total. The zero-order chi connectivity index (χ0) is 19.4. The first-order chi connectivity index (χ1) is 12.5. The molecule has 1 aromatic carbocycles. The van der Waals surface area contributed by atoms with Gasteiger partial charge in [-0.3, -0.25) is 0 Å². The third-order valence-corrected chi connectivity index (χ3v) is 4.00. The van der Waals surface area contributed by atoms with Gasteiger partial charge in [-0.15, -0.1) is 0 Å². The molecule has 0 radical (unpaired) electrons. The Morgan fingerprint density at radius 3 is 2.31 bits per heavy atom. The summed E-state index contributed by atoms with van der Waals surface area (Å²) in [6.07, 6.45) is 5.77. The Bertz CT molecular complexity index is 547. The summed E-state index contributed by atoms with van der Waals surface area (Å²) < 4.78 is 5.66. The monoisotopic (exact) mass is 366 g/mol. The van der Waals surface area contributed by atoms with Crippen molar-refractivity contribution >= 4 is 17.8 Å². The highest BCUT2D eigenvalue weighted by molar-refractivity contribution is 5.98. The summed E-state index contributed by atoms with van der Waals surface area (Å²) in [5, 5.41) is 20.7. The number of carbonyl (C=O) groups is 2. The van der Waals surface area contributed by atoms with E-state index in [9.17, 15) is 9.59 Å². The number of ether oxygens (including phenoxy) is 1. The van der Waals surface area contributed by atoms with E-state index < -0.39 is 24.8 Å². The lowest BCUT2D eigenvalue weighted by molar-refractivity contribution is 0.120. The molecule has 1 unspecified atom stereocenters.